The van der Waals surface area contributed by atoms with Gasteiger partial charge in [0.25, 0.3) is 0 Å². The van der Waals surface area contributed by atoms with E-state index < -0.39 is 11.8 Å². The van der Waals surface area contributed by atoms with Gasteiger partial charge in [0.2, 0.25) is 11.7 Å². The zero-order chi connectivity index (χ0) is 41.5. The van der Waals surface area contributed by atoms with Crippen LogP contribution < -0.4 is 9.47 Å². The Labute approximate surface area is 348 Å². The molecular weight excluding hydrogens is 729 g/mol. The number of hydrogen-bond acceptors (Lipinski definition) is 8. The number of benzene rings is 2. The van der Waals surface area contributed by atoms with Gasteiger partial charge in [-0.1, -0.05) is 94.5 Å². The number of nitrogens with zero attached hydrogens (tertiary/aromatic N) is 2. The topological polar surface area (TPSA) is 110 Å². The fraction of sp³-hybridized carbons (Fsp3) is 0.633. The first-order valence-corrected chi connectivity index (χ1v) is 22.3. The van der Waals surface area contributed by atoms with Gasteiger partial charge in [0.1, 0.15) is 30.4 Å². The van der Waals surface area contributed by atoms with Gasteiger partial charge in [-0.2, -0.15) is 0 Å². The van der Waals surface area contributed by atoms with E-state index in [2.05, 4.69) is 56.8 Å². The first kappa shape index (κ1) is 45.4. The highest BCUT2D eigenvalue weighted by atomic mass is 16.7. The van der Waals surface area contributed by atoms with Crippen molar-refractivity contribution in [1.29, 1.82) is 0 Å². The molecule has 1 fully saturated rings. The highest BCUT2D eigenvalue weighted by Gasteiger charge is 2.65. The molecule has 1 amide bonds. The van der Waals surface area contributed by atoms with Gasteiger partial charge in [0, 0.05) is 44.6 Å². The molecule has 0 bridgehead atoms. The molecule has 320 valence electrons. The number of oxime groups is 1. The third-order valence-electron chi connectivity index (χ3n) is 12.9. The van der Waals surface area contributed by atoms with Crippen molar-refractivity contribution in [3.05, 3.63) is 77.4 Å². The summed E-state index contributed by atoms with van der Waals surface area (Å²) in [6, 6.07) is 11.7. The smallest absolute Gasteiger partial charge is 0.239 e. The predicted octanol–water partition coefficient (Wildman–Crippen LogP) is 10.7. The number of unbranched alkanes of at least 4 members (excludes halogenated alkanes) is 10. The lowest BCUT2D eigenvalue weighted by molar-refractivity contribution is -0.255. The van der Waals surface area contributed by atoms with Crippen molar-refractivity contribution in [2.24, 2.45) is 22.9 Å². The van der Waals surface area contributed by atoms with E-state index in [4.69, 9.17) is 19.0 Å². The fourth-order valence-electron chi connectivity index (χ4n) is 9.75. The van der Waals surface area contributed by atoms with E-state index in [0.29, 0.717) is 19.3 Å². The van der Waals surface area contributed by atoms with Gasteiger partial charge < -0.3 is 34.2 Å². The van der Waals surface area contributed by atoms with E-state index >= 15 is 0 Å². The van der Waals surface area contributed by atoms with Crippen molar-refractivity contribution >= 4 is 11.6 Å². The third-order valence-corrected chi connectivity index (χ3v) is 12.9. The molecule has 0 saturated heterocycles. The van der Waals surface area contributed by atoms with E-state index in [9.17, 15) is 15.0 Å². The minimum Gasteiger partial charge on any atom is -0.459 e. The van der Waals surface area contributed by atoms with Crippen LogP contribution in [0.25, 0.3) is 0 Å². The average Bonchev–Trinajstić information content (AvgIpc) is 3.22. The van der Waals surface area contributed by atoms with Crippen LogP contribution in [0, 0.1) is 31.6 Å². The molecule has 5 rings (SSSR count). The van der Waals surface area contributed by atoms with E-state index in [1.54, 1.807) is 13.2 Å². The Morgan fingerprint density at radius 3 is 2.26 bits per heavy atom. The van der Waals surface area contributed by atoms with Gasteiger partial charge in [-0.05, 0) is 105 Å². The van der Waals surface area contributed by atoms with Gasteiger partial charge in [0.15, 0.2) is 0 Å². The number of likely N-dealkylation sites (N-methyl/N-ethyl adjacent to an activating group) is 1. The van der Waals surface area contributed by atoms with Crippen LogP contribution in [0.4, 0.5) is 0 Å². The quantitative estimate of drug-likeness (QED) is 0.0584. The molecular formula is C49H72N2O7. The molecule has 0 radical (unpaired) electrons. The average molecular weight is 801 g/mol. The van der Waals surface area contributed by atoms with Gasteiger partial charge in [-0.3, -0.25) is 4.79 Å². The van der Waals surface area contributed by atoms with Crippen LogP contribution in [-0.2, 0) is 14.4 Å². The Balaban J connectivity index is 1.57. The molecule has 2 aliphatic carbocycles. The minimum absolute atomic E-state index is 0.0685. The molecule has 3 aliphatic rings. The second kappa shape index (κ2) is 22.6. The first-order valence-electron chi connectivity index (χ1n) is 22.3. The third kappa shape index (κ3) is 10.9. The maximum Gasteiger partial charge on any atom is 0.239 e. The molecule has 1 saturated carbocycles. The summed E-state index contributed by atoms with van der Waals surface area (Å²) in [4.78, 5) is 21.7. The zero-order valence-electron chi connectivity index (χ0n) is 36.2. The monoisotopic (exact) mass is 801 g/mol. The van der Waals surface area contributed by atoms with Crippen molar-refractivity contribution in [3.8, 4) is 17.2 Å². The highest BCUT2D eigenvalue weighted by molar-refractivity contribution is 6.03. The summed E-state index contributed by atoms with van der Waals surface area (Å²) in [5.41, 5.74) is 5.24. The summed E-state index contributed by atoms with van der Waals surface area (Å²) in [5.74, 6) is 0.924. The minimum atomic E-state index is -1.24. The molecule has 1 aliphatic heterocycles. The lowest BCUT2D eigenvalue weighted by Crippen LogP contribution is -2.69. The molecule has 2 aromatic rings. The Kier molecular flexibility index (Phi) is 17.7. The van der Waals surface area contributed by atoms with E-state index in [1.165, 1.54) is 44.1 Å². The number of amides is 1. The summed E-state index contributed by atoms with van der Waals surface area (Å²) in [6.07, 6.45) is 20.6. The van der Waals surface area contributed by atoms with Crippen LogP contribution in [0.15, 0.2) is 65.9 Å². The Morgan fingerprint density at radius 2 is 1.59 bits per heavy atom. The summed E-state index contributed by atoms with van der Waals surface area (Å²) in [6.45, 7) is 11.0. The molecule has 2 N–H and O–H groups in total. The van der Waals surface area contributed by atoms with Gasteiger partial charge in [0.05, 0.1) is 18.2 Å². The number of carbonyl (C=O) groups is 1. The van der Waals surface area contributed by atoms with Crippen molar-refractivity contribution in [2.75, 3.05) is 34.0 Å². The zero-order valence-corrected chi connectivity index (χ0v) is 36.2. The molecule has 2 aromatic carbocycles. The summed E-state index contributed by atoms with van der Waals surface area (Å²) < 4.78 is 20.8. The number of rotatable bonds is 25. The molecule has 0 spiro atoms. The summed E-state index contributed by atoms with van der Waals surface area (Å²) in [5, 5.41) is 24.4. The number of aryl methyl sites for hydroxylation is 2. The Morgan fingerprint density at radius 1 is 0.914 bits per heavy atom. The first-order chi connectivity index (χ1) is 28.2. The normalized spacial score (nSPS) is 24.0. The van der Waals surface area contributed by atoms with Crippen molar-refractivity contribution in [2.45, 2.75) is 148 Å². The lowest BCUT2D eigenvalue weighted by atomic mass is 9.55. The van der Waals surface area contributed by atoms with Crippen LogP contribution in [-0.4, -0.2) is 72.5 Å². The molecule has 6 unspecified atom stereocenters. The number of aliphatic hydroxyl groups excluding tert-OH is 2. The molecule has 58 heavy (non-hydrogen) atoms. The Hall–Kier alpha value is -3.66. The maximum atomic E-state index is 14.2. The van der Waals surface area contributed by atoms with E-state index in [-0.39, 0.29) is 49.4 Å². The van der Waals surface area contributed by atoms with E-state index in [0.717, 1.165) is 91.0 Å². The largest absolute Gasteiger partial charge is 0.459 e. The fourth-order valence-corrected chi connectivity index (χ4v) is 9.75. The molecule has 9 nitrogen and oxygen atoms in total. The van der Waals surface area contributed by atoms with Gasteiger partial charge >= 0.3 is 0 Å². The molecule has 9 heteroatoms. The predicted molar refractivity (Wildman–Crippen MR) is 233 cm³/mol. The van der Waals surface area contributed by atoms with Crippen molar-refractivity contribution in [1.82, 2.24) is 4.90 Å². The number of ether oxygens (including phenoxy) is 3. The second-order valence-corrected chi connectivity index (χ2v) is 16.9. The van der Waals surface area contributed by atoms with Crippen LogP contribution in [0.3, 0.4) is 0 Å². The Bertz CT molecular complexity index is 1690. The number of carbonyl (C=O) groups excluding carboxylic acids is 1. The van der Waals surface area contributed by atoms with Crippen LogP contribution in [0.1, 0.15) is 139 Å². The number of aliphatic hydroxyl groups is 2. The SMILES string of the molecule is C=CCOC12Oc3ccc(Oc4ccc(C)c(C)c4)cc3C3C(CCCCO)C(CCCCO)C=C(C(=NOC)CC1N(C)C(=O)CCCCCCCCCCC)C32. The summed E-state index contributed by atoms with van der Waals surface area (Å²) in [7, 11) is 3.48. The van der Waals surface area contributed by atoms with Gasteiger partial charge in [-0.15, -0.1) is 6.58 Å². The maximum absolute atomic E-state index is 14.2. The van der Waals surface area contributed by atoms with E-state index in [1.807, 2.05) is 30.1 Å². The number of fused-ring (bicyclic) bond motifs is 2. The molecule has 6 atom stereocenters. The van der Waals surface area contributed by atoms with Crippen LogP contribution >= 0.6 is 0 Å². The van der Waals surface area contributed by atoms with Crippen LogP contribution in [0.2, 0.25) is 0 Å². The van der Waals surface area contributed by atoms with Crippen molar-refractivity contribution < 1.29 is 34.1 Å². The molecule has 0 aromatic heterocycles. The standard InChI is InChI=1S/C49H72N2O7/c1-7-9-10-11-12-13-14-15-16-23-46(54)51(5)45-34-43(50-55-6)41-32-37(21-17-19-28-52)40(22-18-20-29-53)47-42-33-39(57-38-25-24-35(3)36(4)31-38)26-27-44(42)58-49(45,48(41)47)56-30-8-2/h8,24-27,31-33,37,40,45,47-48,52-53H,2,7,9-23,28-30,34H2,1,3-6H3. The second-order valence-electron chi connectivity index (χ2n) is 16.9. The van der Waals surface area contributed by atoms with Crippen molar-refractivity contribution in [3.63, 3.8) is 0 Å². The summed E-state index contributed by atoms with van der Waals surface area (Å²) >= 11 is 0. The lowest BCUT2D eigenvalue weighted by Gasteiger charge is -2.59. The number of hydrogen-bond donors (Lipinski definition) is 2. The van der Waals surface area contributed by atoms with Crippen LogP contribution in [0.5, 0.6) is 17.2 Å². The van der Waals surface area contributed by atoms with Gasteiger partial charge in [-0.25, -0.2) is 0 Å². The molecule has 1 heterocycles. The number of allylic oxidation sites excluding steroid dienone is 1. The highest BCUT2D eigenvalue weighted by Crippen LogP contribution is 2.62.